The number of thiocarbonyl (C=S) groups is 1. The molecule has 0 saturated carbocycles. The maximum atomic E-state index is 5.89. The van der Waals surface area contributed by atoms with E-state index in [4.69, 9.17) is 31.2 Å². The molecule has 2 aliphatic heterocycles. The summed E-state index contributed by atoms with van der Waals surface area (Å²) in [6, 6.07) is 15.8. The summed E-state index contributed by atoms with van der Waals surface area (Å²) in [6.07, 6.45) is 2.26. The van der Waals surface area contributed by atoms with E-state index in [2.05, 4.69) is 53.5 Å². The van der Waals surface area contributed by atoms with Crippen molar-refractivity contribution in [3.05, 3.63) is 71.2 Å². The van der Waals surface area contributed by atoms with Crippen molar-refractivity contribution < 1.29 is 14.0 Å². The third kappa shape index (κ3) is 4.43. The average molecular weight is 477 g/mol. The molecule has 5 rings (SSSR count). The van der Waals surface area contributed by atoms with Gasteiger partial charge in [0.2, 0.25) is 5.82 Å². The highest BCUT2D eigenvalue weighted by atomic mass is 32.1. The summed E-state index contributed by atoms with van der Waals surface area (Å²) >= 11 is 5.80. The predicted molar refractivity (Wildman–Crippen MR) is 134 cm³/mol. The molecule has 1 N–H and O–H groups in total. The quantitative estimate of drug-likeness (QED) is 0.504. The molecule has 2 aliphatic rings. The number of hydrogen-bond donors (Lipinski definition) is 1. The number of hydrogen-bond acceptors (Lipinski definition) is 6. The van der Waals surface area contributed by atoms with Gasteiger partial charge in [-0.1, -0.05) is 47.1 Å². The molecule has 1 fully saturated rings. The number of aromatic nitrogens is 2. The number of benzene rings is 2. The number of nitrogens with zero attached hydrogens (tertiary/aromatic N) is 3. The van der Waals surface area contributed by atoms with Crippen LogP contribution in [0.5, 0.6) is 5.75 Å². The first-order chi connectivity index (χ1) is 16.5. The van der Waals surface area contributed by atoms with Gasteiger partial charge in [0.15, 0.2) is 5.11 Å². The van der Waals surface area contributed by atoms with Crippen molar-refractivity contribution in [2.24, 2.45) is 0 Å². The van der Waals surface area contributed by atoms with E-state index in [0.717, 1.165) is 47.6 Å². The number of allylic oxidation sites excluding steroid dienone is 1. The van der Waals surface area contributed by atoms with Crippen LogP contribution in [0.3, 0.4) is 0 Å². The lowest BCUT2D eigenvalue weighted by molar-refractivity contribution is 0.0962. The van der Waals surface area contributed by atoms with Gasteiger partial charge in [0.05, 0.1) is 31.4 Å². The molecule has 1 saturated heterocycles. The first-order valence-corrected chi connectivity index (χ1v) is 11.9. The molecule has 3 heterocycles. The van der Waals surface area contributed by atoms with Crippen LogP contribution in [-0.2, 0) is 4.74 Å². The fraction of sp³-hybridized carbons (Fsp3) is 0.346. The maximum absolute atomic E-state index is 5.89. The summed E-state index contributed by atoms with van der Waals surface area (Å²) in [7, 11) is 1.64. The van der Waals surface area contributed by atoms with E-state index in [1.54, 1.807) is 7.11 Å². The Bertz CT molecular complexity index is 1210. The lowest BCUT2D eigenvalue weighted by Gasteiger charge is -2.38. The van der Waals surface area contributed by atoms with E-state index in [-0.39, 0.29) is 12.1 Å². The number of ether oxygens (including phenoxy) is 2. The van der Waals surface area contributed by atoms with Crippen molar-refractivity contribution in [1.82, 2.24) is 20.4 Å². The highest BCUT2D eigenvalue weighted by Gasteiger charge is 2.35. The molecule has 2 aromatic carbocycles. The number of nitrogens with one attached hydrogen (secondary N) is 1. The van der Waals surface area contributed by atoms with E-state index in [1.807, 2.05) is 24.3 Å². The van der Waals surface area contributed by atoms with E-state index in [0.29, 0.717) is 23.4 Å². The minimum Gasteiger partial charge on any atom is -0.497 e. The van der Waals surface area contributed by atoms with E-state index in [9.17, 15) is 0 Å². The van der Waals surface area contributed by atoms with Crippen molar-refractivity contribution in [2.75, 3.05) is 20.3 Å². The van der Waals surface area contributed by atoms with Gasteiger partial charge in [-0.25, -0.2) is 0 Å². The van der Waals surface area contributed by atoms with Gasteiger partial charge in [0, 0.05) is 17.9 Å². The topological polar surface area (TPSA) is 72.7 Å². The first kappa shape index (κ1) is 22.6. The second kappa shape index (κ2) is 9.56. The zero-order chi connectivity index (χ0) is 23.7. The lowest BCUT2D eigenvalue weighted by atomic mass is 9.94. The molecule has 2 unspecified atom stereocenters. The van der Waals surface area contributed by atoms with Gasteiger partial charge in [-0.15, -0.1) is 0 Å². The van der Waals surface area contributed by atoms with Crippen molar-refractivity contribution in [2.45, 2.75) is 38.8 Å². The smallest absolute Gasteiger partial charge is 0.258 e. The normalized spacial score (nSPS) is 20.6. The van der Waals surface area contributed by atoms with Crippen LogP contribution in [-0.4, -0.2) is 46.5 Å². The Balaban J connectivity index is 1.56. The summed E-state index contributed by atoms with van der Waals surface area (Å²) in [5.74, 6) is 1.72. The Labute approximate surface area is 204 Å². The second-order valence-corrected chi connectivity index (χ2v) is 9.08. The standard InChI is InChI=1S/C26H28N4O3S/c1-16-9-11-18(12-10-16)23-22(17(2)30(26(34)27-23)15-21-8-5-13-32-21)25-28-24(29-33-25)19-6-4-7-20(14-19)31-3/h4,6-7,9-12,14,21,23H,5,8,13,15H2,1-3H3,(H,27,34). The molecule has 0 radical (unpaired) electrons. The van der Waals surface area contributed by atoms with Crippen LogP contribution in [0.4, 0.5) is 0 Å². The van der Waals surface area contributed by atoms with Crippen molar-refractivity contribution in [1.29, 1.82) is 0 Å². The molecule has 0 amide bonds. The fourth-order valence-electron chi connectivity index (χ4n) is 4.49. The van der Waals surface area contributed by atoms with Crippen molar-refractivity contribution in [3.63, 3.8) is 0 Å². The third-order valence-corrected chi connectivity index (χ3v) is 6.74. The van der Waals surface area contributed by atoms with Gasteiger partial charge in [-0.3, -0.25) is 0 Å². The van der Waals surface area contributed by atoms with Gasteiger partial charge < -0.3 is 24.2 Å². The van der Waals surface area contributed by atoms with Crippen LogP contribution in [0.1, 0.15) is 42.8 Å². The molecule has 3 aromatic rings. The molecule has 0 spiro atoms. The van der Waals surface area contributed by atoms with Crippen LogP contribution in [0.2, 0.25) is 0 Å². The zero-order valence-electron chi connectivity index (χ0n) is 19.6. The summed E-state index contributed by atoms with van der Waals surface area (Å²) in [4.78, 5) is 6.88. The van der Waals surface area contributed by atoms with Gasteiger partial charge in [0.1, 0.15) is 5.75 Å². The molecule has 0 aliphatic carbocycles. The Morgan fingerprint density at radius 1 is 1.18 bits per heavy atom. The molecule has 0 bridgehead atoms. The molecule has 8 heteroatoms. The largest absolute Gasteiger partial charge is 0.497 e. The van der Waals surface area contributed by atoms with Crippen LogP contribution in [0, 0.1) is 6.92 Å². The zero-order valence-corrected chi connectivity index (χ0v) is 20.4. The number of rotatable bonds is 6. The fourth-order valence-corrected chi connectivity index (χ4v) is 4.82. The van der Waals surface area contributed by atoms with Crippen LogP contribution in [0.15, 0.2) is 58.8 Å². The second-order valence-electron chi connectivity index (χ2n) is 8.69. The summed E-state index contributed by atoms with van der Waals surface area (Å²) in [6.45, 7) is 5.63. The molecule has 34 heavy (non-hydrogen) atoms. The average Bonchev–Trinajstić information content (AvgIpc) is 3.54. The maximum Gasteiger partial charge on any atom is 0.258 e. The Hall–Kier alpha value is -3.23. The predicted octanol–water partition coefficient (Wildman–Crippen LogP) is 4.90. The molecular weight excluding hydrogens is 448 g/mol. The van der Waals surface area contributed by atoms with Gasteiger partial charge in [-0.2, -0.15) is 4.98 Å². The monoisotopic (exact) mass is 476 g/mol. The van der Waals surface area contributed by atoms with Gasteiger partial charge in [0.25, 0.3) is 5.89 Å². The molecule has 7 nitrogen and oxygen atoms in total. The summed E-state index contributed by atoms with van der Waals surface area (Å²) in [5, 5.41) is 8.48. The molecule has 176 valence electrons. The van der Waals surface area contributed by atoms with E-state index in [1.165, 1.54) is 5.56 Å². The van der Waals surface area contributed by atoms with E-state index >= 15 is 0 Å². The van der Waals surface area contributed by atoms with Crippen molar-refractivity contribution in [3.8, 4) is 17.1 Å². The lowest BCUT2D eigenvalue weighted by Crippen LogP contribution is -2.48. The van der Waals surface area contributed by atoms with Crippen LogP contribution >= 0.6 is 12.2 Å². The minimum absolute atomic E-state index is 0.155. The highest BCUT2D eigenvalue weighted by molar-refractivity contribution is 7.80. The Morgan fingerprint density at radius 3 is 2.74 bits per heavy atom. The van der Waals surface area contributed by atoms with Gasteiger partial charge in [-0.05, 0) is 56.6 Å². The molecular formula is C26H28N4O3S. The molecule has 1 aromatic heterocycles. The SMILES string of the molecule is COc1cccc(-c2noc(C3=C(C)N(CC4CCCO4)C(=S)NC3c3ccc(C)cc3)n2)c1. The van der Waals surface area contributed by atoms with Crippen LogP contribution < -0.4 is 10.1 Å². The molecule has 2 atom stereocenters. The third-order valence-electron chi connectivity index (χ3n) is 6.40. The summed E-state index contributed by atoms with van der Waals surface area (Å²) < 4.78 is 17.1. The van der Waals surface area contributed by atoms with Crippen molar-refractivity contribution >= 4 is 22.9 Å². The first-order valence-electron chi connectivity index (χ1n) is 11.5. The summed E-state index contributed by atoms with van der Waals surface area (Å²) in [5.41, 5.74) is 5.01. The highest BCUT2D eigenvalue weighted by Crippen LogP contribution is 2.38. The Morgan fingerprint density at radius 2 is 2.00 bits per heavy atom. The number of methoxy groups -OCH3 is 1. The van der Waals surface area contributed by atoms with E-state index < -0.39 is 0 Å². The Kier molecular flexibility index (Phi) is 6.34. The van der Waals surface area contributed by atoms with Gasteiger partial charge >= 0.3 is 0 Å². The number of aryl methyl sites for hydroxylation is 1. The van der Waals surface area contributed by atoms with Crippen LogP contribution in [0.25, 0.3) is 17.0 Å². The minimum atomic E-state index is -0.201.